The minimum atomic E-state index is -0.833. The molecule has 4 rings (SSSR count). The number of anilines is 1. The third-order valence-corrected chi connectivity index (χ3v) is 5.80. The third-order valence-electron chi connectivity index (χ3n) is 4.24. The Morgan fingerprint density at radius 2 is 1.55 bits per heavy atom. The molecule has 2 N–H and O–H groups in total. The molecule has 0 bridgehead atoms. The SMILES string of the molecule is CC(=O)O.O=C1N=C(Nc2cc[c]([Na])cc2)SC1=Cc1ccc(-c2ccccc2)cc1. The summed E-state index contributed by atoms with van der Waals surface area (Å²) in [4.78, 5) is 26.0. The van der Waals surface area contributed by atoms with Crippen LogP contribution in [0.5, 0.6) is 0 Å². The molecule has 0 spiro atoms. The molecule has 0 aromatic heterocycles. The average molecular weight is 438 g/mol. The molecule has 150 valence electrons. The molecule has 0 saturated carbocycles. The first-order valence-electron chi connectivity index (χ1n) is 9.62. The number of amides is 1. The molecule has 0 atom stereocenters. The fourth-order valence-electron chi connectivity index (χ4n) is 2.78. The maximum absolute atomic E-state index is 12.2. The number of rotatable bonds is 3. The summed E-state index contributed by atoms with van der Waals surface area (Å²) in [6.07, 6.45) is 1.89. The maximum atomic E-state index is 12.2. The number of nitrogens with zero attached hydrogens (tertiary/aromatic N) is 1. The first kappa shape index (κ1) is 23.0. The number of carbonyl (C=O) groups is 2. The summed E-state index contributed by atoms with van der Waals surface area (Å²) >= 11 is 2.40. The van der Waals surface area contributed by atoms with E-state index in [4.69, 9.17) is 9.90 Å². The van der Waals surface area contributed by atoms with E-state index in [1.165, 1.54) is 20.1 Å². The van der Waals surface area contributed by atoms with Gasteiger partial charge < -0.3 is 5.11 Å². The van der Waals surface area contributed by atoms with Gasteiger partial charge >= 0.3 is 139 Å². The van der Waals surface area contributed by atoms with Gasteiger partial charge in [-0.15, -0.1) is 0 Å². The molecule has 3 aromatic rings. The van der Waals surface area contributed by atoms with Gasteiger partial charge in [-0.25, -0.2) is 0 Å². The first-order valence-corrected chi connectivity index (χ1v) is 11.4. The Bertz CT molecular complexity index is 1120. The molecular formula is C24H19N2NaO3S. The zero-order valence-corrected chi connectivity index (χ0v) is 20.0. The molecule has 31 heavy (non-hydrogen) atoms. The van der Waals surface area contributed by atoms with Gasteiger partial charge in [0.05, 0.1) is 0 Å². The van der Waals surface area contributed by atoms with Gasteiger partial charge in [0.15, 0.2) is 0 Å². The fourth-order valence-corrected chi connectivity index (χ4v) is 3.94. The summed E-state index contributed by atoms with van der Waals surface area (Å²) in [5, 5.41) is 11.2. The molecule has 0 radical (unpaired) electrons. The van der Waals surface area contributed by atoms with Crippen molar-refractivity contribution >= 4 is 71.3 Å². The Labute approximate surface area is 202 Å². The summed E-state index contributed by atoms with van der Waals surface area (Å²) in [6, 6.07) is 26.6. The van der Waals surface area contributed by atoms with Crippen molar-refractivity contribution < 1.29 is 14.7 Å². The molecule has 1 heterocycles. The van der Waals surface area contributed by atoms with Crippen LogP contribution in [0.25, 0.3) is 17.2 Å². The van der Waals surface area contributed by atoms with E-state index in [9.17, 15) is 4.79 Å². The average Bonchev–Trinajstić information content (AvgIpc) is 3.09. The number of amidine groups is 1. The second kappa shape index (κ2) is 11.1. The predicted octanol–water partition coefficient (Wildman–Crippen LogP) is 4.32. The quantitative estimate of drug-likeness (QED) is 0.470. The second-order valence-corrected chi connectivity index (χ2v) is 9.02. The minimum absolute atomic E-state index is 0.200. The third kappa shape index (κ3) is 7.22. The van der Waals surface area contributed by atoms with Gasteiger partial charge in [-0.1, -0.05) is 30.3 Å². The number of carbonyl (C=O) groups excluding carboxylic acids is 1. The summed E-state index contributed by atoms with van der Waals surface area (Å²) in [5.74, 6) is -1.03. The molecule has 7 heteroatoms. The van der Waals surface area contributed by atoms with E-state index in [2.05, 4.69) is 46.7 Å². The first-order chi connectivity index (χ1) is 14.9. The number of carboxylic acid groups (broad SMARTS) is 1. The molecular weight excluding hydrogens is 419 g/mol. The van der Waals surface area contributed by atoms with Crippen LogP contribution in [0.2, 0.25) is 0 Å². The summed E-state index contributed by atoms with van der Waals surface area (Å²) in [5.41, 5.74) is 4.27. The van der Waals surface area contributed by atoms with Gasteiger partial charge in [-0.05, 0) is 11.1 Å². The number of nitrogens with one attached hydrogen (secondary N) is 1. The van der Waals surface area contributed by atoms with Crippen LogP contribution in [0.3, 0.4) is 0 Å². The van der Waals surface area contributed by atoms with Crippen LogP contribution in [0, 0.1) is 0 Å². The van der Waals surface area contributed by atoms with E-state index in [1.807, 2.05) is 48.5 Å². The van der Waals surface area contributed by atoms with Crippen LogP contribution in [-0.4, -0.2) is 50.1 Å². The predicted molar refractivity (Wildman–Crippen MR) is 129 cm³/mol. The van der Waals surface area contributed by atoms with Crippen LogP contribution in [0.4, 0.5) is 5.69 Å². The summed E-state index contributed by atoms with van der Waals surface area (Å²) < 4.78 is 1.33. The second-order valence-electron chi connectivity index (χ2n) is 6.83. The van der Waals surface area contributed by atoms with Crippen molar-refractivity contribution in [2.24, 2.45) is 4.99 Å². The topological polar surface area (TPSA) is 78.8 Å². The number of hydrogen-bond acceptors (Lipinski definition) is 4. The fraction of sp³-hybridized carbons (Fsp3) is 0.0417. The standard InChI is InChI=1S/C22H15N2OS.C2H4O2.Na/c25-21-20(26-22(24-21)23-19-9-5-2-6-10-19)15-16-11-13-18(14-12-16)17-7-3-1-4-8-17;1-2(3)4;/h1,3-15H,(H,23,24,25);1H3,(H,3,4);. The van der Waals surface area contributed by atoms with E-state index in [0.29, 0.717) is 10.1 Å². The van der Waals surface area contributed by atoms with E-state index in [1.54, 1.807) is 0 Å². The number of carboxylic acids is 1. The Morgan fingerprint density at radius 3 is 2.16 bits per heavy atom. The van der Waals surface area contributed by atoms with Gasteiger partial charge in [-0.3, -0.25) is 4.79 Å². The zero-order valence-electron chi connectivity index (χ0n) is 17.2. The number of aliphatic imine (C=N–C) groups is 1. The van der Waals surface area contributed by atoms with Crippen LogP contribution in [0.1, 0.15) is 12.5 Å². The van der Waals surface area contributed by atoms with E-state index in [-0.39, 0.29) is 5.91 Å². The van der Waals surface area contributed by atoms with Crippen molar-refractivity contribution in [1.29, 1.82) is 0 Å². The molecule has 1 amide bonds. The van der Waals surface area contributed by atoms with Crippen LogP contribution < -0.4 is 8.13 Å². The van der Waals surface area contributed by atoms with Gasteiger partial charge in [0, 0.05) is 6.92 Å². The van der Waals surface area contributed by atoms with Crippen molar-refractivity contribution in [3.63, 3.8) is 0 Å². The molecule has 0 unspecified atom stereocenters. The van der Waals surface area contributed by atoms with Crippen LogP contribution >= 0.6 is 11.8 Å². The normalized spacial score (nSPS) is 14.0. The van der Waals surface area contributed by atoms with Crippen LogP contribution in [0.15, 0.2) is 88.8 Å². The van der Waals surface area contributed by atoms with E-state index >= 15 is 0 Å². The monoisotopic (exact) mass is 438 g/mol. The van der Waals surface area contributed by atoms with Gasteiger partial charge in [0.25, 0.3) is 5.97 Å². The van der Waals surface area contributed by atoms with Crippen molar-refractivity contribution in [3.05, 3.63) is 89.3 Å². The number of aliphatic carboxylic acids is 1. The molecule has 0 fully saturated rings. The van der Waals surface area contributed by atoms with Gasteiger partial charge in [0.1, 0.15) is 0 Å². The summed E-state index contributed by atoms with van der Waals surface area (Å²) in [6.45, 7) is 1.08. The molecule has 5 nitrogen and oxygen atoms in total. The Kier molecular flexibility index (Phi) is 8.26. The van der Waals surface area contributed by atoms with E-state index in [0.717, 1.165) is 51.7 Å². The van der Waals surface area contributed by atoms with Crippen molar-refractivity contribution in [3.8, 4) is 11.1 Å². The van der Waals surface area contributed by atoms with E-state index < -0.39 is 5.97 Å². The number of thioether (sulfide) groups is 1. The molecule has 1 aliphatic heterocycles. The molecule has 0 saturated heterocycles. The molecule has 3 aromatic carbocycles. The van der Waals surface area contributed by atoms with Crippen molar-refractivity contribution in [2.75, 3.05) is 5.32 Å². The zero-order chi connectivity index (χ0) is 22.2. The Balaban J connectivity index is 0.000000628. The van der Waals surface area contributed by atoms with Gasteiger partial charge in [0.2, 0.25) is 0 Å². The Morgan fingerprint density at radius 1 is 0.968 bits per heavy atom. The molecule has 1 aliphatic rings. The van der Waals surface area contributed by atoms with Crippen LogP contribution in [-0.2, 0) is 9.59 Å². The van der Waals surface area contributed by atoms with Crippen molar-refractivity contribution in [1.82, 2.24) is 0 Å². The van der Waals surface area contributed by atoms with Gasteiger partial charge in [-0.2, -0.15) is 0 Å². The summed E-state index contributed by atoms with van der Waals surface area (Å²) in [7, 11) is 0. The molecule has 0 aliphatic carbocycles. The number of benzene rings is 3. The Hall–Kier alpha value is -2.64. The number of hydrogen-bond donors (Lipinski definition) is 2. The van der Waals surface area contributed by atoms with Crippen molar-refractivity contribution in [2.45, 2.75) is 6.92 Å².